The van der Waals surface area contributed by atoms with Crippen LogP contribution in [0.5, 0.6) is 5.88 Å². The van der Waals surface area contributed by atoms with Crippen LogP contribution >= 0.6 is 11.3 Å². The van der Waals surface area contributed by atoms with Gasteiger partial charge < -0.3 is 20.3 Å². The van der Waals surface area contributed by atoms with E-state index in [0.717, 1.165) is 34.9 Å². The average molecular weight is 719 g/mol. The number of carbonyl (C=O) groups is 3. The van der Waals surface area contributed by atoms with Gasteiger partial charge in [-0.3, -0.25) is 19.1 Å². The maximum absolute atomic E-state index is 14.6. The van der Waals surface area contributed by atoms with Crippen molar-refractivity contribution < 1.29 is 27.5 Å². The number of nitrogens with zero attached hydrogens (tertiary/aromatic N) is 3. The number of anilines is 1. The largest absolute Gasteiger partial charge is 0.472 e. The first kappa shape index (κ1) is 34.2. The molecule has 2 aliphatic carbocycles. The van der Waals surface area contributed by atoms with Gasteiger partial charge in [-0.1, -0.05) is 51.1 Å². The third-order valence-corrected chi connectivity index (χ3v) is 12.6. The van der Waals surface area contributed by atoms with E-state index >= 15 is 0 Å². The SMILES string of the molecule is C=C[C@@H]1C[C@]1(NC(=O)C1CC2CN1C(=O)C(C(C)(C)C)Nc1nc(cs1)CC/C=C\c1ccc3ccnc(c3c1)O2)C(=O)NS(=O)(=O)C1CC1. The molecule has 3 N–H and O–H groups in total. The lowest BCUT2D eigenvalue weighted by Crippen LogP contribution is -2.58. The Labute approximate surface area is 295 Å². The number of hydrogen-bond donors (Lipinski definition) is 3. The van der Waals surface area contributed by atoms with Crippen molar-refractivity contribution in [3.63, 3.8) is 0 Å². The zero-order valence-electron chi connectivity index (χ0n) is 28.3. The van der Waals surface area contributed by atoms with Gasteiger partial charge in [-0.25, -0.2) is 18.4 Å². The first-order valence-electron chi connectivity index (χ1n) is 17.0. The van der Waals surface area contributed by atoms with E-state index in [1.807, 2.05) is 50.4 Å². The van der Waals surface area contributed by atoms with Gasteiger partial charge in [0.15, 0.2) is 5.13 Å². The summed E-state index contributed by atoms with van der Waals surface area (Å²) in [5.41, 5.74) is -0.170. The number of pyridine rings is 1. The molecule has 3 unspecified atom stereocenters. The fourth-order valence-corrected chi connectivity index (χ4v) is 8.92. The van der Waals surface area contributed by atoms with Gasteiger partial charge in [0, 0.05) is 29.3 Å². The molecular formula is C36H42N6O6S2. The van der Waals surface area contributed by atoms with Gasteiger partial charge in [0.1, 0.15) is 23.7 Å². The maximum atomic E-state index is 14.6. The van der Waals surface area contributed by atoms with Crippen LogP contribution in [0.4, 0.5) is 5.13 Å². The third kappa shape index (κ3) is 6.74. The minimum Gasteiger partial charge on any atom is -0.472 e. The highest BCUT2D eigenvalue weighted by atomic mass is 32.2. The van der Waals surface area contributed by atoms with Gasteiger partial charge in [-0.05, 0) is 60.6 Å². The van der Waals surface area contributed by atoms with Crippen LogP contribution < -0.4 is 20.1 Å². The molecule has 14 heteroatoms. The first-order chi connectivity index (χ1) is 23.8. The molecule has 2 aromatic heterocycles. The molecular weight excluding hydrogens is 677 g/mol. The van der Waals surface area contributed by atoms with E-state index in [1.54, 1.807) is 12.3 Å². The predicted octanol–water partition coefficient (Wildman–Crippen LogP) is 4.20. The zero-order valence-corrected chi connectivity index (χ0v) is 30.0. The number of amides is 3. The molecule has 4 heterocycles. The molecule has 50 heavy (non-hydrogen) atoms. The van der Waals surface area contributed by atoms with Crippen LogP contribution in [0.25, 0.3) is 16.8 Å². The van der Waals surface area contributed by atoms with E-state index in [1.165, 1.54) is 16.2 Å². The second kappa shape index (κ2) is 12.8. The summed E-state index contributed by atoms with van der Waals surface area (Å²) in [6.07, 6.45) is 9.60. The molecule has 0 radical (unpaired) electrons. The van der Waals surface area contributed by atoms with E-state index in [9.17, 15) is 22.8 Å². The van der Waals surface area contributed by atoms with Gasteiger partial charge >= 0.3 is 0 Å². The van der Waals surface area contributed by atoms with Crippen LogP contribution in [-0.2, 0) is 30.8 Å². The number of hydrogen-bond acceptors (Lipinski definition) is 10. The third-order valence-electron chi connectivity index (χ3n) is 9.94. The molecule has 2 aliphatic heterocycles. The van der Waals surface area contributed by atoms with Crippen LogP contribution in [0.1, 0.15) is 64.1 Å². The number of aromatic nitrogens is 2. The minimum atomic E-state index is -3.85. The Morgan fingerprint density at radius 1 is 1.22 bits per heavy atom. The van der Waals surface area contributed by atoms with Crippen molar-refractivity contribution in [2.75, 3.05) is 11.9 Å². The van der Waals surface area contributed by atoms with E-state index in [0.29, 0.717) is 23.9 Å². The molecule has 4 aliphatic rings. The molecule has 3 fully saturated rings. The van der Waals surface area contributed by atoms with Crippen LogP contribution in [0, 0.1) is 11.3 Å². The van der Waals surface area contributed by atoms with Crippen molar-refractivity contribution >= 4 is 61.1 Å². The predicted molar refractivity (Wildman–Crippen MR) is 192 cm³/mol. The lowest BCUT2D eigenvalue weighted by atomic mass is 9.85. The second-order valence-corrected chi connectivity index (χ2v) is 17.6. The monoisotopic (exact) mass is 718 g/mol. The number of allylic oxidation sites excluding steroid dienone is 1. The van der Waals surface area contributed by atoms with E-state index in [4.69, 9.17) is 9.72 Å². The molecule has 3 aromatic rings. The van der Waals surface area contributed by atoms with Crippen molar-refractivity contribution in [1.29, 1.82) is 0 Å². The molecule has 2 saturated carbocycles. The summed E-state index contributed by atoms with van der Waals surface area (Å²) in [5.74, 6) is -1.74. The number of ether oxygens (including phenoxy) is 1. The Kier molecular flexibility index (Phi) is 8.74. The van der Waals surface area contributed by atoms with Crippen LogP contribution in [0.15, 0.2) is 54.6 Å². The van der Waals surface area contributed by atoms with Crippen molar-refractivity contribution in [2.24, 2.45) is 11.3 Å². The quantitative estimate of drug-likeness (QED) is 0.318. The number of aryl methyl sites for hydroxylation is 1. The Morgan fingerprint density at radius 2 is 2.02 bits per heavy atom. The molecule has 6 bridgehead atoms. The van der Waals surface area contributed by atoms with Gasteiger partial charge in [0.25, 0.3) is 5.91 Å². The zero-order chi connectivity index (χ0) is 35.4. The number of nitrogens with one attached hydrogen (secondary N) is 3. The van der Waals surface area contributed by atoms with Crippen molar-refractivity contribution in [1.82, 2.24) is 24.9 Å². The number of sulfonamides is 1. The van der Waals surface area contributed by atoms with Gasteiger partial charge in [0.2, 0.25) is 27.7 Å². The fraction of sp³-hybridized carbons (Fsp3) is 0.472. The molecule has 264 valence electrons. The summed E-state index contributed by atoms with van der Waals surface area (Å²) in [7, 11) is -3.85. The highest BCUT2D eigenvalue weighted by Gasteiger charge is 2.62. The topological polar surface area (TPSA) is 160 Å². The number of thiazole rings is 1. The van der Waals surface area contributed by atoms with E-state index in [-0.39, 0.29) is 25.3 Å². The highest BCUT2D eigenvalue weighted by molar-refractivity contribution is 7.91. The van der Waals surface area contributed by atoms with Gasteiger partial charge in [-0.2, -0.15) is 0 Å². The fourth-order valence-electron chi connectivity index (χ4n) is 6.79. The van der Waals surface area contributed by atoms with Crippen LogP contribution in [0.2, 0.25) is 0 Å². The molecule has 7 rings (SSSR count). The second-order valence-electron chi connectivity index (χ2n) is 14.8. The highest BCUT2D eigenvalue weighted by Crippen LogP contribution is 2.45. The van der Waals surface area contributed by atoms with Gasteiger partial charge in [0.05, 0.1) is 17.5 Å². The van der Waals surface area contributed by atoms with E-state index < -0.39 is 62.1 Å². The molecule has 0 spiro atoms. The Hall–Kier alpha value is -4.30. The summed E-state index contributed by atoms with van der Waals surface area (Å²) >= 11 is 1.43. The summed E-state index contributed by atoms with van der Waals surface area (Å²) in [5, 5.41) is 9.95. The molecule has 12 nitrogen and oxygen atoms in total. The Morgan fingerprint density at radius 3 is 2.74 bits per heavy atom. The number of rotatable bonds is 6. The van der Waals surface area contributed by atoms with E-state index in [2.05, 4.69) is 39.1 Å². The van der Waals surface area contributed by atoms with Crippen LogP contribution in [-0.4, -0.2) is 76.5 Å². The summed E-state index contributed by atoms with van der Waals surface area (Å²) in [6.45, 7) is 9.73. The number of fused-ring (bicyclic) bond motifs is 5. The van der Waals surface area contributed by atoms with Crippen molar-refractivity contribution in [3.8, 4) is 5.88 Å². The molecule has 5 atom stereocenters. The maximum Gasteiger partial charge on any atom is 0.259 e. The smallest absolute Gasteiger partial charge is 0.259 e. The lowest BCUT2D eigenvalue weighted by Gasteiger charge is -2.35. The molecule has 3 amide bonds. The van der Waals surface area contributed by atoms with Crippen LogP contribution in [0.3, 0.4) is 0 Å². The molecule has 1 saturated heterocycles. The lowest BCUT2D eigenvalue weighted by molar-refractivity contribution is -0.141. The number of benzene rings is 1. The normalized spacial score (nSPS) is 27.4. The Balaban J connectivity index is 1.24. The first-order valence-corrected chi connectivity index (χ1v) is 19.4. The molecule has 1 aromatic carbocycles. The van der Waals surface area contributed by atoms with Crippen molar-refractivity contribution in [2.45, 2.75) is 88.3 Å². The van der Waals surface area contributed by atoms with Gasteiger partial charge in [-0.15, -0.1) is 17.9 Å². The Bertz CT molecular complexity index is 2000. The standard InChI is InChI=1S/C36H42N6O6S2/c1-5-23-18-36(23,33(45)41-50(46,47)26-12-13-26)40-30(43)28-17-25-19-42(28)32(44)29(35(2,3)4)39-34-38-24(20-49-34)9-7-6-8-21-10-11-22-14-15-37-31(48-25)27(22)16-21/h5-6,8,10-11,14-16,20,23,25-26,28-29H,1,7,9,12-13,17-19H2,2-4H3,(H,38,39)(H,40,43)(H,41,45)/b8-6-/t23-,25?,28?,29?,36-/m1/s1. The minimum absolute atomic E-state index is 0.0894. The summed E-state index contributed by atoms with van der Waals surface area (Å²) in [6, 6.07) is 6.19. The van der Waals surface area contributed by atoms with Crippen molar-refractivity contribution in [3.05, 3.63) is 65.8 Å². The summed E-state index contributed by atoms with van der Waals surface area (Å²) in [4.78, 5) is 53.2. The number of carbonyl (C=O) groups excluding carboxylic acids is 3. The summed E-state index contributed by atoms with van der Waals surface area (Å²) < 4.78 is 34.1. The average Bonchev–Trinajstić information content (AvgIpc) is 3.96.